The van der Waals surface area contributed by atoms with E-state index in [9.17, 15) is 4.39 Å². The molecule has 2 fully saturated rings. The Labute approximate surface area is 160 Å². The normalized spacial score (nSPS) is 22.1. The summed E-state index contributed by atoms with van der Waals surface area (Å²) in [7, 11) is 0. The van der Waals surface area contributed by atoms with E-state index in [1.807, 2.05) is 12.1 Å². The first kappa shape index (κ1) is 18.4. The predicted molar refractivity (Wildman–Crippen MR) is 107 cm³/mol. The maximum atomic E-state index is 13.5. The number of halogens is 1. The first-order valence-electron chi connectivity index (χ1n) is 9.89. The Kier molecular flexibility index (Phi) is 5.72. The highest BCUT2D eigenvalue weighted by atomic mass is 19.1. The molecule has 2 heterocycles. The fourth-order valence-electron chi connectivity index (χ4n) is 4.26. The number of hydrogen-bond donors (Lipinski definition) is 1. The molecule has 5 heteroatoms. The highest BCUT2D eigenvalue weighted by molar-refractivity contribution is 5.68. The SMILES string of the molecule is NCC1CN(C2CCN(c3cccc(-c4cccc(F)c4)c3)CC2)CCO1. The quantitative estimate of drug-likeness (QED) is 0.899. The van der Waals surface area contributed by atoms with Crippen LogP contribution in [0.1, 0.15) is 12.8 Å². The van der Waals surface area contributed by atoms with Gasteiger partial charge in [-0.3, -0.25) is 4.90 Å². The summed E-state index contributed by atoms with van der Waals surface area (Å²) in [6.45, 7) is 5.44. The molecule has 144 valence electrons. The van der Waals surface area contributed by atoms with Gasteiger partial charge in [0.1, 0.15) is 5.82 Å². The number of nitrogens with zero attached hydrogens (tertiary/aromatic N) is 2. The van der Waals surface area contributed by atoms with Crippen molar-refractivity contribution in [2.24, 2.45) is 5.73 Å². The molecular weight excluding hydrogens is 341 g/mol. The van der Waals surface area contributed by atoms with Crippen molar-refractivity contribution >= 4 is 5.69 Å². The Morgan fingerprint density at radius 2 is 1.74 bits per heavy atom. The summed E-state index contributed by atoms with van der Waals surface area (Å²) in [6, 6.07) is 15.9. The molecule has 2 aliphatic heterocycles. The second-order valence-electron chi connectivity index (χ2n) is 7.50. The molecular formula is C22H28FN3O. The molecule has 4 rings (SSSR count). The number of ether oxygens (including phenoxy) is 1. The van der Waals surface area contributed by atoms with Crippen LogP contribution < -0.4 is 10.6 Å². The summed E-state index contributed by atoms with van der Waals surface area (Å²) in [5.74, 6) is -0.194. The third kappa shape index (κ3) is 4.32. The van der Waals surface area contributed by atoms with E-state index < -0.39 is 0 Å². The fraction of sp³-hybridized carbons (Fsp3) is 0.455. The van der Waals surface area contributed by atoms with Crippen LogP contribution in [-0.4, -0.2) is 56.4 Å². The summed E-state index contributed by atoms with van der Waals surface area (Å²) >= 11 is 0. The number of nitrogens with two attached hydrogens (primary N) is 1. The van der Waals surface area contributed by atoms with E-state index in [2.05, 4.69) is 28.0 Å². The lowest BCUT2D eigenvalue weighted by Gasteiger charge is -2.42. The van der Waals surface area contributed by atoms with Gasteiger partial charge < -0.3 is 15.4 Å². The molecule has 0 aromatic heterocycles. The smallest absolute Gasteiger partial charge is 0.123 e. The molecule has 2 aromatic rings. The molecule has 1 unspecified atom stereocenters. The van der Waals surface area contributed by atoms with Crippen LogP contribution >= 0.6 is 0 Å². The summed E-state index contributed by atoms with van der Waals surface area (Å²) < 4.78 is 19.2. The third-order valence-electron chi connectivity index (χ3n) is 5.78. The Balaban J connectivity index is 1.40. The molecule has 1 atom stereocenters. The third-order valence-corrected chi connectivity index (χ3v) is 5.78. The minimum atomic E-state index is -0.194. The average molecular weight is 369 g/mol. The topological polar surface area (TPSA) is 41.7 Å². The van der Waals surface area contributed by atoms with Gasteiger partial charge in [-0.15, -0.1) is 0 Å². The van der Waals surface area contributed by atoms with E-state index in [0.29, 0.717) is 12.6 Å². The number of piperidine rings is 1. The van der Waals surface area contributed by atoms with E-state index in [1.165, 1.54) is 11.8 Å². The van der Waals surface area contributed by atoms with Crippen LogP contribution in [0.25, 0.3) is 11.1 Å². The summed E-state index contributed by atoms with van der Waals surface area (Å²) in [6.07, 6.45) is 2.49. The molecule has 0 radical (unpaired) electrons. The van der Waals surface area contributed by atoms with Crippen molar-refractivity contribution in [3.8, 4) is 11.1 Å². The van der Waals surface area contributed by atoms with Crippen molar-refractivity contribution < 1.29 is 9.13 Å². The molecule has 0 spiro atoms. The predicted octanol–water partition coefficient (Wildman–Crippen LogP) is 3.12. The lowest BCUT2D eigenvalue weighted by molar-refractivity contribution is -0.0416. The van der Waals surface area contributed by atoms with Gasteiger partial charge in [0.2, 0.25) is 0 Å². The Morgan fingerprint density at radius 1 is 1.00 bits per heavy atom. The highest BCUT2D eigenvalue weighted by Gasteiger charge is 2.28. The van der Waals surface area contributed by atoms with Crippen LogP contribution in [0.2, 0.25) is 0 Å². The first-order chi connectivity index (χ1) is 13.2. The average Bonchev–Trinajstić information content (AvgIpc) is 2.74. The molecule has 2 aliphatic rings. The molecule has 4 nitrogen and oxygen atoms in total. The van der Waals surface area contributed by atoms with Crippen LogP contribution in [-0.2, 0) is 4.74 Å². The van der Waals surface area contributed by atoms with Crippen LogP contribution in [0.3, 0.4) is 0 Å². The van der Waals surface area contributed by atoms with Gasteiger partial charge in [-0.2, -0.15) is 0 Å². The molecule has 0 amide bonds. The number of morpholine rings is 1. The van der Waals surface area contributed by atoms with Crippen molar-refractivity contribution in [3.63, 3.8) is 0 Å². The maximum absolute atomic E-state index is 13.5. The van der Waals surface area contributed by atoms with Crippen molar-refractivity contribution in [2.45, 2.75) is 25.0 Å². The van der Waals surface area contributed by atoms with E-state index in [1.54, 1.807) is 12.1 Å². The summed E-state index contributed by atoms with van der Waals surface area (Å²) in [5, 5.41) is 0. The van der Waals surface area contributed by atoms with Gasteiger partial charge in [0.05, 0.1) is 12.7 Å². The highest BCUT2D eigenvalue weighted by Crippen LogP contribution is 2.28. The van der Waals surface area contributed by atoms with Crippen LogP contribution in [0, 0.1) is 5.82 Å². The van der Waals surface area contributed by atoms with Gasteiger partial charge >= 0.3 is 0 Å². The lowest BCUT2D eigenvalue weighted by atomic mass is 10.00. The first-order valence-corrected chi connectivity index (χ1v) is 9.89. The van der Waals surface area contributed by atoms with Crippen LogP contribution in [0.15, 0.2) is 48.5 Å². The largest absolute Gasteiger partial charge is 0.374 e. The minimum absolute atomic E-state index is 0.180. The second kappa shape index (κ2) is 8.38. The molecule has 2 N–H and O–H groups in total. The molecule has 0 saturated carbocycles. The second-order valence-corrected chi connectivity index (χ2v) is 7.50. The van der Waals surface area contributed by atoms with E-state index in [4.69, 9.17) is 10.5 Å². The van der Waals surface area contributed by atoms with Crippen molar-refractivity contribution in [1.29, 1.82) is 0 Å². The van der Waals surface area contributed by atoms with E-state index in [-0.39, 0.29) is 11.9 Å². The zero-order valence-corrected chi connectivity index (χ0v) is 15.7. The van der Waals surface area contributed by atoms with Crippen molar-refractivity contribution in [1.82, 2.24) is 4.90 Å². The van der Waals surface area contributed by atoms with Gasteiger partial charge in [0, 0.05) is 44.5 Å². The molecule has 0 aliphatic carbocycles. The number of anilines is 1. The van der Waals surface area contributed by atoms with Crippen LogP contribution in [0.4, 0.5) is 10.1 Å². The van der Waals surface area contributed by atoms with Crippen molar-refractivity contribution in [3.05, 3.63) is 54.3 Å². The zero-order chi connectivity index (χ0) is 18.6. The Bertz CT molecular complexity index is 761. The minimum Gasteiger partial charge on any atom is -0.374 e. The van der Waals surface area contributed by atoms with Crippen LogP contribution in [0.5, 0.6) is 0 Å². The molecule has 2 aromatic carbocycles. The van der Waals surface area contributed by atoms with Gasteiger partial charge in [0.25, 0.3) is 0 Å². The summed E-state index contributed by atoms with van der Waals surface area (Å²) in [4.78, 5) is 5.00. The summed E-state index contributed by atoms with van der Waals surface area (Å²) in [5.41, 5.74) is 8.99. The standard InChI is InChI=1S/C22H28FN3O/c23-19-5-1-3-17(13-19)18-4-2-6-21(14-18)25-9-7-20(8-10-25)26-11-12-27-22(15-24)16-26/h1-6,13-14,20,22H,7-12,15-16,24H2. The number of benzene rings is 2. The van der Waals surface area contributed by atoms with Gasteiger partial charge in [-0.25, -0.2) is 4.39 Å². The molecule has 0 bridgehead atoms. The monoisotopic (exact) mass is 369 g/mol. The number of hydrogen-bond acceptors (Lipinski definition) is 4. The molecule has 27 heavy (non-hydrogen) atoms. The maximum Gasteiger partial charge on any atom is 0.123 e. The Morgan fingerprint density at radius 3 is 2.48 bits per heavy atom. The Hall–Kier alpha value is -1.95. The fourth-order valence-corrected chi connectivity index (χ4v) is 4.26. The number of rotatable bonds is 4. The zero-order valence-electron chi connectivity index (χ0n) is 15.7. The van der Waals surface area contributed by atoms with Gasteiger partial charge in [0.15, 0.2) is 0 Å². The van der Waals surface area contributed by atoms with E-state index in [0.717, 1.165) is 56.8 Å². The van der Waals surface area contributed by atoms with Gasteiger partial charge in [-0.1, -0.05) is 24.3 Å². The molecule has 2 saturated heterocycles. The lowest BCUT2D eigenvalue weighted by Crippen LogP contribution is -2.53. The van der Waals surface area contributed by atoms with E-state index >= 15 is 0 Å². The van der Waals surface area contributed by atoms with Gasteiger partial charge in [-0.05, 0) is 48.2 Å². The van der Waals surface area contributed by atoms with Crippen molar-refractivity contribution in [2.75, 3.05) is 44.2 Å².